The van der Waals surface area contributed by atoms with Crippen LogP contribution in [0.3, 0.4) is 0 Å². The van der Waals surface area contributed by atoms with Crippen LogP contribution in [0, 0.1) is 17.8 Å². The molecule has 0 heterocycles. The molecule has 2 saturated carbocycles. The number of alkyl halides is 2. The van der Waals surface area contributed by atoms with Crippen LogP contribution in [0.15, 0.2) is 0 Å². The lowest BCUT2D eigenvalue weighted by atomic mass is 9.91. The summed E-state index contributed by atoms with van der Waals surface area (Å²) in [6.45, 7) is 1.96. The summed E-state index contributed by atoms with van der Waals surface area (Å²) in [5, 5.41) is 0. The fourth-order valence-electron chi connectivity index (χ4n) is 2.40. The average Bonchev–Trinajstić information content (AvgIpc) is 2.38. The smallest absolute Gasteiger partial charge is 0.206 e. The minimum Gasteiger partial charge on any atom is -0.206 e. The van der Waals surface area contributed by atoms with Gasteiger partial charge in [-0.3, -0.25) is 0 Å². The first kappa shape index (κ1) is 6.56. The molecule has 0 radical (unpaired) electrons. The van der Waals surface area contributed by atoms with Gasteiger partial charge in [-0.2, -0.15) is 0 Å². The monoisotopic (exact) mass is 146 g/mol. The van der Waals surface area contributed by atoms with E-state index in [0.717, 1.165) is 19.3 Å². The Hall–Kier alpha value is -0.140. The van der Waals surface area contributed by atoms with Gasteiger partial charge in [0.15, 0.2) is 0 Å². The molecule has 2 fully saturated rings. The van der Waals surface area contributed by atoms with Crippen molar-refractivity contribution in [2.24, 2.45) is 17.8 Å². The molecular formula is C8H12F2. The Balaban J connectivity index is 2.11. The first-order valence-electron chi connectivity index (χ1n) is 4.02. The van der Waals surface area contributed by atoms with E-state index in [1.54, 1.807) is 0 Å². The molecule has 3 atom stereocenters. The maximum absolute atomic E-state index is 12.8. The Kier molecular flexibility index (Phi) is 1.13. The third kappa shape index (κ3) is 0.650. The lowest BCUT2D eigenvalue weighted by Gasteiger charge is -2.13. The fraction of sp³-hybridized carbons (Fsp3) is 1.00. The number of hydrogen-bond donors (Lipinski definition) is 0. The lowest BCUT2D eigenvalue weighted by Crippen LogP contribution is -2.06. The van der Waals surface area contributed by atoms with Crippen molar-refractivity contribution < 1.29 is 8.78 Å². The molecule has 2 heteroatoms. The van der Waals surface area contributed by atoms with Gasteiger partial charge < -0.3 is 0 Å². The van der Waals surface area contributed by atoms with Crippen LogP contribution in [0.2, 0.25) is 0 Å². The Morgan fingerprint density at radius 2 is 2.00 bits per heavy atom. The summed E-state index contributed by atoms with van der Waals surface area (Å²) in [5.41, 5.74) is 0. The summed E-state index contributed by atoms with van der Waals surface area (Å²) in [4.78, 5) is 0. The van der Waals surface area contributed by atoms with Gasteiger partial charge in [-0.05, 0) is 12.3 Å². The van der Waals surface area contributed by atoms with E-state index in [1.165, 1.54) is 0 Å². The Bertz CT molecular complexity index is 153. The minimum absolute atomic E-state index is 0.240. The highest BCUT2D eigenvalue weighted by Crippen LogP contribution is 2.64. The van der Waals surface area contributed by atoms with Gasteiger partial charge in [-0.15, -0.1) is 0 Å². The highest BCUT2D eigenvalue weighted by atomic mass is 19.3. The zero-order valence-electron chi connectivity index (χ0n) is 6.11. The molecule has 0 aliphatic heterocycles. The summed E-state index contributed by atoms with van der Waals surface area (Å²) in [7, 11) is 0. The van der Waals surface area contributed by atoms with Crippen molar-refractivity contribution in [1.82, 2.24) is 0 Å². The molecule has 0 N–H and O–H groups in total. The first-order valence-corrected chi connectivity index (χ1v) is 4.02. The molecule has 58 valence electrons. The van der Waals surface area contributed by atoms with Gasteiger partial charge in [0.2, 0.25) is 0 Å². The molecule has 3 unspecified atom stereocenters. The SMILES string of the molecule is CC1CCCC2C1C2(F)F. The molecule has 0 bridgehead atoms. The summed E-state index contributed by atoms with van der Waals surface area (Å²) >= 11 is 0. The summed E-state index contributed by atoms with van der Waals surface area (Å²) in [5.74, 6) is -2.50. The topological polar surface area (TPSA) is 0 Å². The molecule has 2 aliphatic carbocycles. The van der Waals surface area contributed by atoms with Crippen molar-refractivity contribution >= 4 is 0 Å². The second-order valence-electron chi connectivity index (χ2n) is 3.71. The van der Waals surface area contributed by atoms with Gasteiger partial charge >= 0.3 is 0 Å². The molecule has 2 rings (SSSR count). The number of rotatable bonds is 0. The molecule has 0 spiro atoms. The van der Waals surface area contributed by atoms with Gasteiger partial charge in [0.25, 0.3) is 5.92 Å². The quantitative estimate of drug-likeness (QED) is 0.493. The molecular weight excluding hydrogens is 134 g/mol. The van der Waals surface area contributed by atoms with Crippen LogP contribution in [-0.2, 0) is 0 Å². The van der Waals surface area contributed by atoms with Crippen LogP contribution >= 0.6 is 0 Å². The van der Waals surface area contributed by atoms with E-state index in [0.29, 0.717) is 0 Å². The predicted octanol–water partition coefficient (Wildman–Crippen LogP) is 2.69. The predicted molar refractivity (Wildman–Crippen MR) is 34.9 cm³/mol. The van der Waals surface area contributed by atoms with Gasteiger partial charge in [0, 0.05) is 11.8 Å². The molecule has 10 heavy (non-hydrogen) atoms. The lowest BCUT2D eigenvalue weighted by molar-refractivity contribution is 0.0787. The van der Waals surface area contributed by atoms with Crippen molar-refractivity contribution in [3.05, 3.63) is 0 Å². The Morgan fingerprint density at radius 3 is 2.50 bits per heavy atom. The number of hydrogen-bond acceptors (Lipinski definition) is 0. The zero-order valence-corrected chi connectivity index (χ0v) is 6.11. The second-order valence-corrected chi connectivity index (χ2v) is 3.71. The van der Waals surface area contributed by atoms with E-state index >= 15 is 0 Å². The van der Waals surface area contributed by atoms with Gasteiger partial charge in [-0.25, -0.2) is 8.78 Å². The number of halogens is 2. The Labute approximate surface area is 59.6 Å². The van der Waals surface area contributed by atoms with E-state index in [-0.39, 0.29) is 17.8 Å². The van der Waals surface area contributed by atoms with Crippen LogP contribution in [0.1, 0.15) is 26.2 Å². The molecule has 0 aromatic heterocycles. The molecule has 0 aromatic carbocycles. The van der Waals surface area contributed by atoms with Crippen LogP contribution in [0.25, 0.3) is 0 Å². The van der Waals surface area contributed by atoms with E-state index < -0.39 is 5.92 Å². The zero-order chi connectivity index (χ0) is 7.35. The maximum atomic E-state index is 12.8. The van der Waals surface area contributed by atoms with Crippen molar-refractivity contribution in [2.75, 3.05) is 0 Å². The highest BCUT2D eigenvalue weighted by Gasteiger charge is 2.69. The van der Waals surface area contributed by atoms with E-state index in [9.17, 15) is 8.78 Å². The van der Waals surface area contributed by atoms with Gasteiger partial charge in [-0.1, -0.05) is 19.8 Å². The first-order chi connectivity index (χ1) is 4.64. The average molecular weight is 146 g/mol. The van der Waals surface area contributed by atoms with E-state index in [4.69, 9.17) is 0 Å². The normalized spacial score (nSPS) is 50.1. The molecule has 0 amide bonds. The van der Waals surface area contributed by atoms with Crippen molar-refractivity contribution in [2.45, 2.75) is 32.1 Å². The van der Waals surface area contributed by atoms with E-state index in [1.807, 2.05) is 6.92 Å². The van der Waals surface area contributed by atoms with Crippen LogP contribution in [0.5, 0.6) is 0 Å². The minimum atomic E-state index is -2.28. The van der Waals surface area contributed by atoms with Crippen LogP contribution in [0.4, 0.5) is 8.78 Å². The second kappa shape index (κ2) is 1.72. The largest absolute Gasteiger partial charge is 0.254 e. The standard InChI is InChI=1S/C8H12F2/c1-5-3-2-4-6-7(5)8(6,9)10/h5-7H,2-4H2,1H3. The van der Waals surface area contributed by atoms with Crippen LogP contribution < -0.4 is 0 Å². The third-order valence-electron chi connectivity index (χ3n) is 3.05. The van der Waals surface area contributed by atoms with Gasteiger partial charge in [0.1, 0.15) is 0 Å². The maximum Gasteiger partial charge on any atom is 0.254 e. The van der Waals surface area contributed by atoms with Crippen molar-refractivity contribution in [1.29, 1.82) is 0 Å². The Morgan fingerprint density at radius 1 is 1.30 bits per heavy atom. The fourth-order valence-corrected chi connectivity index (χ4v) is 2.40. The molecule has 0 aromatic rings. The summed E-state index contributed by atoms with van der Waals surface area (Å²) in [6, 6.07) is 0. The summed E-state index contributed by atoms with van der Waals surface area (Å²) in [6.07, 6.45) is 2.79. The molecule has 2 aliphatic rings. The third-order valence-corrected chi connectivity index (χ3v) is 3.05. The number of fused-ring (bicyclic) bond motifs is 1. The molecule has 0 nitrogen and oxygen atoms in total. The molecule has 0 saturated heterocycles. The summed E-state index contributed by atoms with van der Waals surface area (Å²) < 4.78 is 25.5. The van der Waals surface area contributed by atoms with Crippen LogP contribution in [-0.4, -0.2) is 5.92 Å². The highest BCUT2D eigenvalue weighted by molar-refractivity contribution is 5.08. The van der Waals surface area contributed by atoms with Crippen molar-refractivity contribution in [3.63, 3.8) is 0 Å². The van der Waals surface area contributed by atoms with E-state index in [2.05, 4.69) is 0 Å². The van der Waals surface area contributed by atoms with Gasteiger partial charge in [0.05, 0.1) is 0 Å². The van der Waals surface area contributed by atoms with Crippen molar-refractivity contribution in [3.8, 4) is 0 Å².